The van der Waals surface area contributed by atoms with E-state index in [0.717, 1.165) is 18.4 Å². The van der Waals surface area contributed by atoms with Crippen molar-refractivity contribution in [2.24, 2.45) is 11.8 Å². The minimum Gasteiger partial charge on any atom is -0.444 e. The first kappa shape index (κ1) is 28.1. The quantitative estimate of drug-likeness (QED) is 0.512. The van der Waals surface area contributed by atoms with Crippen molar-refractivity contribution in [2.45, 2.75) is 83.8 Å². The maximum atomic E-state index is 13.1. The van der Waals surface area contributed by atoms with E-state index < -0.39 is 27.9 Å². The second-order valence-corrected chi connectivity index (χ2v) is 12.1. The highest BCUT2D eigenvalue weighted by atomic mass is 32.2. The molecule has 0 saturated carbocycles. The average molecular weight is 497 g/mol. The topological polar surface area (TPSA) is 102 Å². The minimum atomic E-state index is -3.77. The van der Waals surface area contributed by atoms with Gasteiger partial charge >= 0.3 is 6.09 Å². The fourth-order valence-electron chi connectivity index (χ4n) is 3.90. The lowest BCUT2D eigenvalue weighted by atomic mass is 9.93. The Morgan fingerprint density at radius 1 is 1.12 bits per heavy atom. The van der Waals surface area contributed by atoms with Crippen LogP contribution in [-0.2, 0) is 23.8 Å². The third-order valence-corrected chi connectivity index (χ3v) is 7.02. The summed E-state index contributed by atoms with van der Waals surface area (Å²) in [7, 11) is -3.77. The van der Waals surface area contributed by atoms with E-state index in [4.69, 9.17) is 8.92 Å². The Bertz CT molecular complexity index is 914. The zero-order valence-corrected chi connectivity index (χ0v) is 22.1. The molecule has 1 aromatic carbocycles. The number of nitrogens with zero attached hydrogens (tertiary/aromatic N) is 1. The normalized spacial score (nSPS) is 16.4. The van der Waals surface area contributed by atoms with Crippen molar-refractivity contribution < 1.29 is 26.9 Å². The van der Waals surface area contributed by atoms with Crippen LogP contribution < -0.4 is 5.32 Å². The number of carbonyl (C=O) groups is 2. The van der Waals surface area contributed by atoms with Crippen molar-refractivity contribution in [2.75, 3.05) is 19.7 Å². The highest BCUT2D eigenvalue weighted by molar-refractivity contribution is 7.86. The molecular weight excluding hydrogens is 456 g/mol. The van der Waals surface area contributed by atoms with Gasteiger partial charge < -0.3 is 15.0 Å². The Morgan fingerprint density at radius 3 is 2.24 bits per heavy atom. The number of amides is 2. The van der Waals surface area contributed by atoms with Gasteiger partial charge in [0.15, 0.2) is 0 Å². The highest BCUT2D eigenvalue weighted by Gasteiger charge is 2.31. The maximum Gasteiger partial charge on any atom is 0.408 e. The summed E-state index contributed by atoms with van der Waals surface area (Å²) in [5, 5.41) is 2.74. The largest absolute Gasteiger partial charge is 0.444 e. The molecule has 1 atom stereocenters. The molecule has 0 radical (unpaired) electrons. The second kappa shape index (κ2) is 12.0. The molecule has 0 bridgehead atoms. The van der Waals surface area contributed by atoms with Crippen LogP contribution in [0.2, 0.25) is 0 Å². The van der Waals surface area contributed by atoms with Crippen LogP contribution >= 0.6 is 0 Å². The van der Waals surface area contributed by atoms with Gasteiger partial charge in [-0.05, 0) is 77.3 Å². The third-order valence-electron chi connectivity index (χ3n) is 5.70. The summed E-state index contributed by atoms with van der Waals surface area (Å²) < 4.78 is 35.2. The number of alkyl carbamates (subject to hydrolysis) is 1. The fraction of sp³-hybridized carbons (Fsp3) is 0.680. The summed E-state index contributed by atoms with van der Waals surface area (Å²) in [6.45, 7) is 12.5. The van der Waals surface area contributed by atoms with E-state index in [2.05, 4.69) is 5.32 Å². The van der Waals surface area contributed by atoms with E-state index in [1.165, 1.54) is 0 Å². The second-order valence-electron chi connectivity index (χ2n) is 10.5. The Hall–Kier alpha value is -2.13. The van der Waals surface area contributed by atoms with E-state index in [1.54, 1.807) is 49.9 Å². The summed E-state index contributed by atoms with van der Waals surface area (Å²) in [5.41, 5.74) is 0.347. The molecular formula is C25H40N2O6S. The van der Waals surface area contributed by atoms with Crippen molar-refractivity contribution >= 4 is 22.1 Å². The molecule has 2 rings (SSSR count). The fourth-order valence-corrected chi connectivity index (χ4v) is 4.82. The zero-order chi connectivity index (χ0) is 25.5. The van der Waals surface area contributed by atoms with Crippen molar-refractivity contribution in [3.05, 3.63) is 29.8 Å². The molecule has 34 heavy (non-hydrogen) atoms. The molecule has 1 aromatic rings. The lowest BCUT2D eigenvalue weighted by Gasteiger charge is -2.35. The van der Waals surface area contributed by atoms with Crippen LogP contribution in [0.1, 0.15) is 65.9 Å². The van der Waals surface area contributed by atoms with Crippen LogP contribution in [0.3, 0.4) is 0 Å². The summed E-state index contributed by atoms with van der Waals surface area (Å²) in [5.74, 6) is 0.407. The Morgan fingerprint density at radius 2 is 1.71 bits per heavy atom. The van der Waals surface area contributed by atoms with Crippen LogP contribution in [-0.4, -0.2) is 56.7 Å². The van der Waals surface area contributed by atoms with E-state index in [0.29, 0.717) is 25.9 Å². The standard InChI is InChI=1S/C25H40N2O6S/c1-18(2)17-22(26-24(29)33-25(4,5)6)23(28)27-14-11-20(12-15-27)13-16-32-34(30,31)21-9-7-19(3)8-10-21/h7-10,18,20,22H,11-17H2,1-6H3,(H,26,29). The monoisotopic (exact) mass is 496 g/mol. The van der Waals surface area contributed by atoms with Gasteiger partial charge in [-0.3, -0.25) is 8.98 Å². The van der Waals surface area contributed by atoms with Gasteiger partial charge in [0.25, 0.3) is 10.1 Å². The molecule has 1 saturated heterocycles. The predicted octanol–water partition coefficient (Wildman–Crippen LogP) is 4.27. The first-order valence-corrected chi connectivity index (χ1v) is 13.4. The van der Waals surface area contributed by atoms with Crippen molar-refractivity contribution in [1.29, 1.82) is 0 Å². The molecule has 0 aromatic heterocycles. The number of ether oxygens (including phenoxy) is 1. The number of nitrogens with one attached hydrogen (secondary N) is 1. The number of hydrogen-bond donors (Lipinski definition) is 1. The van der Waals surface area contributed by atoms with Crippen molar-refractivity contribution in [3.63, 3.8) is 0 Å². The number of carbonyl (C=O) groups excluding carboxylic acids is 2. The summed E-state index contributed by atoms with van der Waals surface area (Å²) >= 11 is 0. The SMILES string of the molecule is Cc1ccc(S(=O)(=O)OCCC2CCN(C(=O)C(CC(C)C)NC(=O)OC(C)(C)C)CC2)cc1. The Balaban J connectivity index is 1.84. The molecule has 1 N–H and O–H groups in total. The van der Waals surface area contributed by atoms with E-state index >= 15 is 0 Å². The van der Waals surface area contributed by atoms with E-state index in [-0.39, 0.29) is 29.2 Å². The highest BCUT2D eigenvalue weighted by Crippen LogP contribution is 2.23. The van der Waals surface area contributed by atoms with Gasteiger partial charge in [0.2, 0.25) is 5.91 Å². The number of rotatable bonds is 9. The summed E-state index contributed by atoms with van der Waals surface area (Å²) in [6, 6.07) is 5.95. The number of aryl methyl sites for hydroxylation is 1. The van der Waals surface area contributed by atoms with Gasteiger partial charge in [-0.15, -0.1) is 0 Å². The van der Waals surface area contributed by atoms with Crippen molar-refractivity contribution in [1.82, 2.24) is 10.2 Å². The summed E-state index contributed by atoms with van der Waals surface area (Å²) in [6.07, 6.45) is 2.08. The van der Waals surface area contributed by atoms with Crippen LogP contribution in [0.15, 0.2) is 29.2 Å². The zero-order valence-electron chi connectivity index (χ0n) is 21.3. The Kier molecular flexibility index (Phi) is 9.94. The van der Waals surface area contributed by atoms with Gasteiger partial charge in [-0.1, -0.05) is 31.5 Å². The van der Waals surface area contributed by atoms with Gasteiger partial charge in [0.05, 0.1) is 11.5 Å². The molecule has 1 aliphatic rings. The van der Waals surface area contributed by atoms with Gasteiger partial charge in [-0.2, -0.15) is 8.42 Å². The van der Waals surface area contributed by atoms with Crippen LogP contribution in [0.5, 0.6) is 0 Å². The van der Waals surface area contributed by atoms with Crippen LogP contribution in [0, 0.1) is 18.8 Å². The molecule has 9 heteroatoms. The molecule has 1 fully saturated rings. The third kappa shape index (κ3) is 9.25. The molecule has 0 aliphatic carbocycles. The first-order chi connectivity index (χ1) is 15.8. The van der Waals surface area contributed by atoms with E-state index in [1.807, 2.05) is 20.8 Å². The van der Waals surface area contributed by atoms with E-state index in [9.17, 15) is 18.0 Å². The molecule has 1 heterocycles. The number of likely N-dealkylation sites (tertiary alicyclic amines) is 1. The Labute approximate surface area is 204 Å². The number of benzene rings is 1. The van der Waals surface area contributed by atoms with Crippen molar-refractivity contribution in [3.8, 4) is 0 Å². The van der Waals surface area contributed by atoms with Crippen LogP contribution in [0.25, 0.3) is 0 Å². The molecule has 1 aliphatic heterocycles. The lowest BCUT2D eigenvalue weighted by Crippen LogP contribution is -2.52. The number of piperidine rings is 1. The first-order valence-electron chi connectivity index (χ1n) is 12.0. The smallest absolute Gasteiger partial charge is 0.408 e. The van der Waals surface area contributed by atoms with Gasteiger partial charge in [0.1, 0.15) is 11.6 Å². The molecule has 1 unspecified atom stereocenters. The molecule has 192 valence electrons. The minimum absolute atomic E-state index is 0.101. The average Bonchev–Trinajstić information content (AvgIpc) is 2.72. The summed E-state index contributed by atoms with van der Waals surface area (Å²) in [4.78, 5) is 27.3. The predicted molar refractivity (Wildman–Crippen MR) is 131 cm³/mol. The van der Waals surface area contributed by atoms with Crippen LogP contribution in [0.4, 0.5) is 4.79 Å². The lowest BCUT2D eigenvalue weighted by molar-refractivity contribution is -0.135. The molecule has 8 nitrogen and oxygen atoms in total. The maximum absolute atomic E-state index is 13.1. The van der Waals surface area contributed by atoms with Gasteiger partial charge in [-0.25, -0.2) is 4.79 Å². The number of hydrogen-bond acceptors (Lipinski definition) is 6. The molecule has 0 spiro atoms. The van der Waals surface area contributed by atoms with Gasteiger partial charge in [0, 0.05) is 13.1 Å². The molecule has 2 amide bonds.